The highest BCUT2D eigenvalue weighted by molar-refractivity contribution is 6.09. The fourth-order valence-electron chi connectivity index (χ4n) is 4.32. The van der Waals surface area contributed by atoms with Gasteiger partial charge in [-0.3, -0.25) is 4.99 Å². The molecule has 8 heteroatoms. The van der Waals surface area contributed by atoms with Crippen LogP contribution < -0.4 is 20.7 Å². The molecule has 2 aliphatic heterocycles. The van der Waals surface area contributed by atoms with Crippen molar-refractivity contribution in [3.8, 4) is 5.75 Å². The summed E-state index contributed by atoms with van der Waals surface area (Å²) in [5.74, 6) is 2.17. The number of methoxy groups -OCH3 is 1. The summed E-state index contributed by atoms with van der Waals surface area (Å²) < 4.78 is 5.37. The van der Waals surface area contributed by atoms with Crippen molar-refractivity contribution in [1.82, 2.24) is 9.88 Å². The number of aromatic nitrogens is 1. The number of hydrogen-bond acceptors (Lipinski definition) is 5. The average molecular weight is 443 g/mol. The van der Waals surface area contributed by atoms with Crippen LogP contribution in [0.15, 0.2) is 77.9 Å². The maximum absolute atomic E-state index is 13.1. The van der Waals surface area contributed by atoms with Gasteiger partial charge in [-0.1, -0.05) is 42.5 Å². The van der Waals surface area contributed by atoms with Gasteiger partial charge >= 0.3 is 6.03 Å². The summed E-state index contributed by atoms with van der Waals surface area (Å²) in [6, 6.07) is 21.2. The number of pyridine rings is 1. The van der Waals surface area contributed by atoms with Gasteiger partial charge in [-0.25, -0.2) is 9.78 Å². The normalized spacial score (nSPS) is 20.2. The minimum Gasteiger partial charge on any atom is -0.495 e. The van der Waals surface area contributed by atoms with Gasteiger partial charge in [0.1, 0.15) is 17.1 Å². The van der Waals surface area contributed by atoms with Crippen molar-refractivity contribution >= 4 is 29.1 Å². The third-order valence-corrected chi connectivity index (χ3v) is 6.04. The molecule has 168 valence electrons. The molecular weight excluding hydrogens is 416 g/mol. The number of carbonyl (C=O) groups is 1. The number of benzene rings is 2. The number of urea groups is 1. The van der Waals surface area contributed by atoms with Crippen LogP contribution >= 0.6 is 0 Å². The number of aliphatic imine (C=N–C) groups is 1. The zero-order valence-electron chi connectivity index (χ0n) is 18.4. The first-order chi connectivity index (χ1) is 16.2. The number of amidine groups is 1. The Kier molecular flexibility index (Phi) is 5.56. The van der Waals surface area contributed by atoms with Gasteiger partial charge in [0.15, 0.2) is 5.82 Å². The molecule has 2 aromatic carbocycles. The lowest BCUT2D eigenvalue weighted by Crippen LogP contribution is -2.55. The van der Waals surface area contributed by atoms with Gasteiger partial charge in [0.2, 0.25) is 0 Å². The highest BCUT2D eigenvalue weighted by Crippen LogP contribution is 2.36. The number of hydrogen-bond donors (Lipinski definition) is 3. The predicted octanol–water partition coefficient (Wildman–Crippen LogP) is 4.20. The highest BCUT2D eigenvalue weighted by Gasteiger charge is 2.47. The Morgan fingerprint density at radius 2 is 1.97 bits per heavy atom. The van der Waals surface area contributed by atoms with Crippen LogP contribution in [-0.2, 0) is 6.54 Å². The number of para-hydroxylation sites is 2. The molecular formula is C25H26N6O2. The number of amides is 2. The summed E-state index contributed by atoms with van der Waals surface area (Å²) in [5.41, 5.74) is 2.16. The van der Waals surface area contributed by atoms with E-state index in [1.807, 2.05) is 54.6 Å². The van der Waals surface area contributed by atoms with Crippen molar-refractivity contribution in [2.24, 2.45) is 4.99 Å². The summed E-state index contributed by atoms with van der Waals surface area (Å²) in [6.45, 7) is 1.61. The second-order valence-electron chi connectivity index (χ2n) is 8.18. The molecule has 33 heavy (non-hydrogen) atoms. The van der Waals surface area contributed by atoms with E-state index in [0.717, 1.165) is 29.3 Å². The number of carbonyl (C=O) groups excluding carboxylic acids is 1. The first kappa shape index (κ1) is 20.8. The van der Waals surface area contributed by atoms with Crippen LogP contribution in [0.2, 0.25) is 0 Å². The van der Waals surface area contributed by atoms with E-state index in [2.05, 4.69) is 33.1 Å². The zero-order chi connectivity index (χ0) is 22.7. The third kappa shape index (κ3) is 4.19. The van der Waals surface area contributed by atoms with E-state index in [1.165, 1.54) is 0 Å². The molecule has 3 heterocycles. The molecule has 1 saturated heterocycles. The van der Waals surface area contributed by atoms with Gasteiger partial charge in [0.25, 0.3) is 0 Å². The van der Waals surface area contributed by atoms with E-state index in [0.29, 0.717) is 31.1 Å². The summed E-state index contributed by atoms with van der Waals surface area (Å²) in [7, 11) is 1.59. The SMILES string of the molecule is COc1ccccc1NC(=O)N1CCC2(C1)Nc1cccnc1NC2=NCc1ccccc1. The van der Waals surface area contributed by atoms with Gasteiger partial charge in [0, 0.05) is 12.7 Å². The largest absolute Gasteiger partial charge is 0.495 e. The smallest absolute Gasteiger partial charge is 0.322 e. The van der Waals surface area contributed by atoms with Gasteiger partial charge in [-0.15, -0.1) is 0 Å². The van der Waals surface area contributed by atoms with E-state index in [9.17, 15) is 4.79 Å². The molecule has 0 aliphatic carbocycles. The maximum Gasteiger partial charge on any atom is 0.322 e. The molecule has 0 radical (unpaired) electrons. The first-order valence-electron chi connectivity index (χ1n) is 10.9. The minimum atomic E-state index is -0.511. The molecule has 2 aliphatic rings. The Labute approximate surface area is 192 Å². The average Bonchev–Trinajstić information content (AvgIpc) is 3.28. The molecule has 1 atom stereocenters. The number of rotatable bonds is 4. The molecule has 1 fully saturated rings. The number of fused-ring (bicyclic) bond motifs is 1. The minimum absolute atomic E-state index is 0.169. The number of nitrogens with zero attached hydrogens (tertiary/aromatic N) is 3. The van der Waals surface area contributed by atoms with Gasteiger partial charge in [-0.2, -0.15) is 0 Å². The Balaban J connectivity index is 1.39. The fraction of sp³-hybridized carbons (Fsp3) is 0.240. The van der Waals surface area contributed by atoms with E-state index >= 15 is 0 Å². The van der Waals surface area contributed by atoms with E-state index in [1.54, 1.807) is 18.2 Å². The Bertz CT molecular complexity index is 1180. The molecule has 8 nitrogen and oxygen atoms in total. The molecule has 0 saturated carbocycles. The van der Waals surface area contributed by atoms with Crippen LogP contribution in [0.25, 0.3) is 0 Å². The van der Waals surface area contributed by atoms with Crippen LogP contribution in [0.3, 0.4) is 0 Å². The Morgan fingerprint density at radius 1 is 1.15 bits per heavy atom. The van der Waals surface area contributed by atoms with Crippen molar-refractivity contribution in [1.29, 1.82) is 0 Å². The van der Waals surface area contributed by atoms with Gasteiger partial charge in [-0.05, 0) is 36.2 Å². The maximum atomic E-state index is 13.1. The van der Waals surface area contributed by atoms with Crippen molar-refractivity contribution in [3.63, 3.8) is 0 Å². The Hall–Kier alpha value is -4.07. The predicted molar refractivity (Wildman–Crippen MR) is 130 cm³/mol. The van der Waals surface area contributed by atoms with E-state index in [-0.39, 0.29) is 6.03 Å². The zero-order valence-corrected chi connectivity index (χ0v) is 18.4. The molecule has 5 rings (SSSR count). The lowest BCUT2D eigenvalue weighted by Gasteiger charge is -2.38. The summed E-state index contributed by atoms with van der Waals surface area (Å²) in [5, 5.41) is 10.0. The van der Waals surface area contributed by atoms with Gasteiger partial charge in [0.05, 0.1) is 31.6 Å². The molecule has 3 aromatic rings. The molecule has 1 spiro atoms. The number of nitrogens with one attached hydrogen (secondary N) is 3. The number of anilines is 3. The van der Waals surface area contributed by atoms with E-state index in [4.69, 9.17) is 9.73 Å². The quantitative estimate of drug-likeness (QED) is 0.563. The summed E-state index contributed by atoms with van der Waals surface area (Å²) in [4.78, 5) is 24.3. The van der Waals surface area contributed by atoms with E-state index < -0.39 is 5.54 Å². The first-order valence-corrected chi connectivity index (χ1v) is 10.9. The standard InChI is InChI=1S/C25H26N6O2/c1-33-21-12-6-5-10-19(21)28-24(32)31-15-13-25(17-31)23(27-16-18-8-3-2-4-9-18)29-22-20(30-25)11-7-14-26-22/h2-12,14,30H,13,15-17H2,1H3,(H,28,32)(H,26,27,29). The monoisotopic (exact) mass is 442 g/mol. The fourth-order valence-corrected chi connectivity index (χ4v) is 4.32. The highest BCUT2D eigenvalue weighted by atomic mass is 16.5. The molecule has 1 unspecified atom stereocenters. The molecule has 1 aromatic heterocycles. The summed E-state index contributed by atoms with van der Waals surface area (Å²) >= 11 is 0. The van der Waals surface area contributed by atoms with Crippen molar-refractivity contribution in [2.45, 2.75) is 18.5 Å². The third-order valence-electron chi connectivity index (χ3n) is 6.04. The van der Waals surface area contributed by atoms with Crippen LogP contribution in [0.1, 0.15) is 12.0 Å². The topological polar surface area (TPSA) is 90.9 Å². The number of likely N-dealkylation sites (tertiary alicyclic amines) is 1. The number of ether oxygens (including phenoxy) is 1. The van der Waals surface area contributed by atoms with Crippen LogP contribution in [0.5, 0.6) is 5.75 Å². The lowest BCUT2D eigenvalue weighted by molar-refractivity contribution is 0.221. The Morgan fingerprint density at radius 3 is 2.82 bits per heavy atom. The summed E-state index contributed by atoms with van der Waals surface area (Å²) in [6.07, 6.45) is 2.48. The second-order valence-corrected chi connectivity index (χ2v) is 8.18. The van der Waals surface area contributed by atoms with Crippen molar-refractivity contribution in [3.05, 3.63) is 78.5 Å². The van der Waals surface area contributed by atoms with Crippen LogP contribution in [0.4, 0.5) is 22.0 Å². The van der Waals surface area contributed by atoms with Crippen molar-refractivity contribution < 1.29 is 9.53 Å². The van der Waals surface area contributed by atoms with Crippen LogP contribution in [0, 0.1) is 0 Å². The molecule has 3 N–H and O–H groups in total. The second kappa shape index (κ2) is 8.82. The van der Waals surface area contributed by atoms with Crippen molar-refractivity contribution in [2.75, 3.05) is 36.1 Å². The molecule has 0 bridgehead atoms. The molecule has 2 amide bonds. The van der Waals surface area contributed by atoms with Crippen LogP contribution in [-0.4, -0.2) is 47.5 Å². The van der Waals surface area contributed by atoms with Gasteiger partial charge < -0.3 is 25.6 Å². The lowest BCUT2D eigenvalue weighted by atomic mass is 9.93.